The molecule has 202 valence electrons. The number of nitrogens with zero attached hydrogens (tertiary/aromatic N) is 4. The number of rotatable bonds is 6. The third-order valence-corrected chi connectivity index (χ3v) is 7.56. The molecule has 40 heavy (non-hydrogen) atoms. The molecule has 3 N–H and O–H groups in total. The molecule has 5 aromatic rings. The lowest BCUT2D eigenvalue weighted by Crippen LogP contribution is -2.19. The van der Waals surface area contributed by atoms with Gasteiger partial charge in [0.2, 0.25) is 0 Å². The van der Waals surface area contributed by atoms with Crippen molar-refractivity contribution in [3.63, 3.8) is 0 Å². The van der Waals surface area contributed by atoms with Gasteiger partial charge in [-0.25, -0.2) is 14.8 Å². The van der Waals surface area contributed by atoms with Crippen LogP contribution in [0.15, 0.2) is 84.5 Å². The van der Waals surface area contributed by atoms with Crippen LogP contribution in [0.4, 0.5) is 0 Å². The average molecular weight is 552 g/mol. The van der Waals surface area contributed by atoms with Crippen molar-refractivity contribution in [3.8, 4) is 22.5 Å². The van der Waals surface area contributed by atoms with E-state index >= 15 is 0 Å². The van der Waals surface area contributed by atoms with E-state index in [0.717, 1.165) is 48.1 Å². The fourth-order valence-corrected chi connectivity index (χ4v) is 5.19. The minimum Gasteiger partial charge on any atom is -0.478 e. The zero-order valence-corrected chi connectivity index (χ0v) is 22.8. The number of nitrogens with two attached hydrogens (primary N) is 1. The molecule has 3 aromatic carbocycles. The smallest absolute Gasteiger partial charge is 0.335 e. The molecule has 0 unspecified atom stereocenters. The number of likely N-dealkylation sites (tertiary alicyclic amines) is 1. The van der Waals surface area contributed by atoms with Gasteiger partial charge in [0.05, 0.1) is 39.7 Å². The molecular weight excluding hydrogens is 522 g/mol. The van der Waals surface area contributed by atoms with Crippen LogP contribution in [0.3, 0.4) is 0 Å². The summed E-state index contributed by atoms with van der Waals surface area (Å²) >= 11 is 1.25. The Labute approximate surface area is 236 Å². The van der Waals surface area contributed by atoms with Crippen LogP contribution in [-0.2, 0) is 6.54 Å². The number of amides is 1. The standard InChI is InChI=1S/C27H25N3O2.C4H4N2OS/c1-18-13-14-30(16-18)17-19-7-9-21(10-8-19)26-25(20-5-3-2-4-6-20)28-23-12-11-22(27(31)32)15-24(23)29-26;5-4(7)3-1-6-2-8-3/h2-12,15,18H,13-14,16-17H2,1H3,(H,31,32);1-2H,(H2,5,7)/t18-;/m1./s1. The molecule has 9 heteroatoms. The van der Waals surface area contributed by atoms with Crippen molar-refractivity contribution in [3.05, 3.63) is 101 Å². The van der Waals surface area contributed by atoms with Crippen LogP contribution in [0.2, 0.25) is 0 Å². The predicted molar refractivity (Wildman–Crippen MR) is 157 cm³/mol. The lowest BCUT2D eigenvalue weighted by molar-refractivity contribution is 0.0696. The second-order valence-electron chi connectivity index (χ2n) is 9.85. The van der Waals surface area contributed by atoms with Crippen molar-refractivity contribution in [2.75, 3.05) is 13.1 Å². The molecule has 3 heterocycles. The number of carbonyl (C=O) groups excluding carboxylic acids is 1. The highest BCUT2D eigenvalue weighted by molar-refractivity contribution is 7.11. The number of aromatic nitrogens is 3. The molecule has 0 radical (unpaired) electrons. The molecule has 0 saturated carbocycles. The summed E-state index contributed by atoms with van der Waals surface area (Å²) in [6, 6.07) is 23.4. The Kier molecular flexibility index (Phi) is 8.23. The van der Waals surface area contributed by atoms with Gasteiger partial charge in [0.25, 0.3) is 5.91 Å². The molecule has 1 atom stereocenters. The first-order valence-corrected chi connectivity index (χ1v) is 13.9. The molecular formula is C31H29N5O3S. The fourth-order valence-electron chi connectivity index (χ4n) is 4.72. The number of thiazole rings is 1. The number of carbonyl (C=O) groups is 2. The maximum Gasteiger partial charge on any atom is 0.335 e. The molecule has 1 saturated heterocycles. The van der Waals surface area contributed by atoms with Gasteiger partial charge in [0.1, 0.15) is 4.88 Å². The van der Waals surface area contributed by atoms with Crippen molar-refractivity contribution in [2.24, 2.45) is 11.7 Å². The van der Waals surface area contributed by atoms with Crippen LogP contribution in [0.1, 0.15) is 38.9 Å². The minimum absolute atomic E-state index is 0.209. The normalized spacial score (nSPS) is 15.0. The van der Waals surface area contributed by atoms with Gasteiger partial charge in [-0.15, -0.1) is 11.3 Å². The van der Waals surface area contributed by atoms with Gasteiger partial charge >= 0.3 is 5.97 Å². The lowest BCUT2D eigenvalue weighted by Gasteiger charge is -2.16. The van der Waals surface area contributed by atoms with Gasteiger partial charge in [-0.2, -0.15) is 0 Å². The van der Waals surface area contributed by atoms with Crippen LogP contribution in [0.5, 0.6) is 0 Å². The third kappa shape index (κ3) is 6.39. The molecule has 0 bridgehead atoms. The van der Waals surface area contributed by atoms with Crippen LogP contribution >= 0.6 is 11.3 Å². The molecule has 2 aromatic heterocycles. The Balaban J connectivity index is 0.000000348. The summed E-state index contributed by atoms with van der Waals surface area (Å²) in [4.78, 5) is 38.1. The Morgan fingerprint density at radius 1 is 0.975 bits per heavy atom. The van der Waals surface area contributed by atoms with E-state index in [1.54, 1.807) is 23.7 Å². The Hall–Kier alpha value is -4.47. The van der Waals surface area contributed by atoms with E-state index in [0.29, 0.717) is 15.9 Å². The molecule has 6 rings (SSSR count). The minimum atomic E-state index is -0.969. The summed E-state index contributed by atoms with van der Waals surface area (Å²) in [6.45, 7) is 5.58. The SMILES string of the molecule is C[C@@H]1CCN(Cc2ccc(-c3nc4cc(C(=O)O)ccc4nc3-c3ccccc3)cc2)C1.NC(=O)c1cncs1. The van der Waals surface area contributed by atoms with E-state index in [-0.39, 0.29) is 5.56 Å². The highest BCUT2D eigenvalue weighted by Crippen LogP contribution is 2.31. The fraction of sp³-hybridized carbons (Fsp3) is 0.194. The number of primary amides is 1. The molecule has 1 aliphatic rings. The number of fused-ring (bicyclic) bond motifs is 1. The molecule has 0 spiro atoms. The lowest BCUT2D eigenvalue weighted by atomic mass is 10.0. The van der Waals surface area contributed by atoms with Gasteiger partial charge < -0.3 is 10.8 Å². The highest BCUT2D eigenvalue weighted by Gasteiger charge is 2.19. The number of benzene rings is 3. The molecule has 1 amide bonds. The van der Waals surface area contributed by atoms with Crippen molar-refractivity contribution in [2.45, 2.75) is 19.9 Å². The summed E-state index contributed by atoms with van der Waals surface area (Å²) < 4.78 is 0. The van der Waals surface area contributed by atoms with Gasteiger partial charge in [-0.05, 0) is 42.6 Å². The van der Waals surface area contributed by atoms with Gasteiger partial charge in [0, 0.05) is 24.2 Å². The van der Waals surface area contributed by atoms with E-state index in [1.165, 1.54) is 29.5 Å². The Bertz CT molecular complexity index is 1620. The summed E-state index contributed by atoms with van der Waals surface area (Å²) in [5.41, 5.74) is 12.7. The second-order valence-corrected chi connectivity index (χ2v) is 10.7. The van der Waals surface area contributed by atoms with E-state index in [1.807, 2.05) is 30.3 Å². The zero-order chi connectivity index (χ0) is 28.1. The first kappa shape index (κ1) is 27.1. The quantitative estimate of drug-likeness (QED) is 0.276. The topological polar surface area (TPSA) is 122 Å². The number of aromatic carboxylic acids is 1. The first-order valence-electron chi connectivity index (χ1n) is 13.0. The maximum absolute atomic E-state index is 11.4. The molecule has 1 fully saturated rings. The average Bonchev–Trinajstić information content (AvgIpc) is 3.66. The highest BCUT2D eigenvalue weighted by atomic mass is 32.1. The van der Waals surface area contributed by atoms with E-state index in [2.05, 4.69) is 41.1 Å². The van der Waals surface area contributed by atoms with E-state index in [4.69, 9.17) is 15.7 Å². The number of hydrogen-bond donors (Lipinski definition) is 2. The van der Waals surface area contributed by atoms with Gasteiger partial charge in [-0.1, -0.05) is 61.5 Å². The van der Waals surface area contributed by atoms with Crippen molar-refractivity contribution in [1.29, 1.82) is 0 Å². The van der Waals surface area contributed by atoms with Gasteiger partial charge in [0.15, 0.2) is 0 Å². The maximum atomic E-state index is 11.4. The predicted octanol–water partition coefficient (Wildman–Crippen LogP) is 5.75. The third-order valence-electron chi connectivity index (χ3n) is 6.78. The molecule has 1 aliphatic heterocycles. The second kappa shape index (κ2) is 12.1. The first-order chi connectivity index (χ1) is 19.4. The number of hydrogen-bond acceptors (Lipinski definition) is 7. The van der Waals surface area contributed by atoms with Crippen LogP contribution in [-0.4, -0.2) is 49.9 Å². The molecule has 8 nitrogen and oxygen atoms in total. The summed E-state index contributed by atoms with van der Waals surface area (Å²) in [5, 5.41) is 9.37. The van der Waals surface area contributed by atoms with E-state index < -0.39 is 11.9 Å². The zero-order valence-electron chi connectivity index (χ0n) is 22.0. The Morgan fingerprint density at radius 3 is 2.25 bits per heavy atom. The van der Waals surface area contributed by atoms with Gasteiger partial charge in [-0.3, -0.25) is 14.7 Å². The van der Waals surface area contributed by atoms with Crippen molar-refractivity contribution in [1.82, 2.24) is 19.9 Å². The number of carboxylic acid groups (broad SMARTS) is 1. The summed E-state index contributed by atoms with van der Waals surface area (Å²) in [5.74, 6) is -0.609. The summed E-state index contributed by atoms with van der Waals surface area (Å²) in [6.07, 6.45) is 2.72. The Morgan fingerprint density at radius 2 is 1.68 bits per heavy atom. The van der Waals surface area contributed by atoms with E-state index in [9.17, 15) is 14.7 Å². The number of carboxylic acids is 1. The van der Waals surface area contributed by atoms with Crippen LogP contribution in [0.25, 0.3) is 33.5 Å². The van der Waals surface area contributed by atoms with Crippen LogP contribution < -0.4 is 5.73 Å². The van der Waals surface area contributed by atoms with Crippen molar-refractivity contribution >= 4 is 34.2 Å². The van der Waals surface area contributed by atoms with Crippen LogP contribution in [0, 0.1) is 5.92 Å². The summed E-state index contributed by atoms with van der Waals surface area (Å²) in [7, 11) is 0. The monoisotopic (exact) mass is 551 g/mol. The largest absolute Gasteiger partial charge is 0.478 e. The molecule has 0 aliphatic carbocycles. The van der Waals surface area contributed by atoms with Crippen molar-refractivity contribution < 1.29 is 14.7 Å².